The molecule has 2 heterocycles. The van der Waals surface area contributed by atoms with Crippen LogP contribution >= 0.6 is 0 Å². The first-order valence-corrected chi connectivity index (χ1v) is 12.1. The Bertz CT molecular complexity index is 1210. The highest BCUT2D eigenvalue weighted by Crippen LogP contribution is 2.23. The summed E-state index contributed by atoms with van der Waals surface area (Å²) in [6, 6.07) is 19.9. The highest BCUT2D eigenvalue weighted by Gasteiger charge is 2.23. The summed E-state index contributed by atoms with van der Waals surface area (Å²) in [7, 11) is 0. The van der Waals surface area contributed by atoms with E-state index in [1.165, 1.54) is 5.56 Å². The Balaban J connectivity index is 1.41. The molecule has 2 aromatic carbocycles. The van der Waals surface area contributed by atoms with Crippen molar-refractivity contribution in [1.82, 2.24) is 20.1 Å². The van der Waals surface area contributed by atoms with Crippen LogP contribution in [0.5, 0.6) is 0 Å². The number of nitriles is 1. The molecule has 0 bridgehead atoms. The molecule has 2 amide bonds. The molecule has 8 heteroatoms. The second-order valence-electron chi connectivity index (χ2n) is 8.98. The number of rotatable bonds is 9. The lowest BCUT2D eigenvalue weighted by Gasteiger charge is -2.32. The van der Waals surface area contributed by atoms with E-state index in [4.69, 9.17) is 5.11 Å². The molecule has 182 valence electrons. The molecule has 1 aliphatic heterocycles. The molecular formula is C27H31N5O3. The molecule has 1 saturated heterocycles. The van der Waals surface area contributed by atoms with Gasteiger partial charge in [-0.3, -0.25) is 4.79 Å². The standard InChI is InChI=1S/C27H31N5O3/c28-19-21-7-8-22-18-25(32(24(22)17-21)16-9-20-5-2-1-3-6-20)26(33)30-23-10-14-31(15-11-23)13-4-12-29-27(34)35/h1-3,5-8,17-18,23,29H,4,9-16H2,(H,30,33)(H,34,35). The summed E-state index contributed by atoms with van der Waals surface area (Å²) >= 11 is 0. The van der Waals surface area contributed by atoms with Crippen molar-refractivity contribution in [2.24, 2.45) is 0 Å². The average molecular weight is 474 g/mol. The van der Waals surface area contributed by atoms with E-state index in [0.717, 1.165) is 56.2 Å². The van der Waals surface area contributed by atoms with E-state index in [2.05, 4.69) is 33.7 Å². The van der Waals surface area contributed by atoms with E-state index in [0.29, 0.717) is 24.3 Å². The number of nitrogens with zero attached hydrogens (tertiary/aromatic N) is 3. The van der Waals surface area contributed by atoms with Crippen molar-refractivity contribution >= 4 is 22.9 Å². The SMILES string of the molecule is N#Cc1ccc2cc(C(=O)NC3CCN(CCCNC(=O)O)CC3)n(CCc3ccccc3)c2c1. The maximum atomic E-state index is 13.4. The van der Waals surface area contributed by atoms with Crippen molar-refractivity contribution in [1.29, 1.82) is 5.26 Å². The highest BCUT2D eigenvalue weighted by atomic mass is 16.4. The molecule has 1 fully saturated rings. The summed E-state index contributed by atoms with van der Waals surface area (Å²) in [6.45, 7) is 3.69. The summed E-state index contributed by atoms with van der Waals surface area (Å²) in [5.41, 5.74) is 3.29. The fourth-order valence-electron chi connectivity index (χ4n) is 4.70. The van der Waals surface area contributed by atoms with Crippen molar-refractivity contribution in [3.8, 4) is 6.07 Å². The lowest BCUT2D eigenvalue weighted by atomic mass is 10.0. The number of piperidine rings is 1. The lowest BCUT2D eigenvalue weighted by Crippen LogP contribution is -2.45. The van der Waals surface area contributed by atoms with Crippen molar-refractivity contribution in [3.05, 3.63) is 71.4 Å². The molecule has 35 heavy (non-hydrogen) atoms. The number of benzene rings is 2. The van der Waals surface area contributed by atoms with Gasteiger partial charge in [-0.05, 0) is 56.0 Å². The Morgan fingerprint density at radius 3 is 2.54 bits per heavy atom. The Morgan fingerprint density at radius 2 is 1.83 bits per heavy atom. The van der Waals surface area contributed by atoms with Gasteiger partial charge in [-0.15, -0.1) is 0 Å². The first kappa shape index (κ1) is 24.3. The van der Waals surface area contributed by atoms with Gasteiger partial charge in [0.05, 0.1) is 11.6 Å². The van der Waals surface area contributed by atoms with Gasteiger partial charge in [0.25, 0.3) is 5.91 Å². The van der Waals surface area contributed by atoms with Gasteiger partial charge in [-0.2, -0.15) is 5.26 Å². The van der Waals surface area contributed by atoms with Crippen molar-refractivity contribution < 1.29 is 14.7 Å². The van der Waals surface area contributed by atoms with E-state index in [1.54, 1.807) is 6.07 Å². The van der Waals surface area contributed by atoms with Crippen LogP contribution in [0, 0.1) is 11.3 Å². The van der Waals surface area contributed by atoms with Crippen LogP contribution in [0.2, 0.25) is 0 Å². The number of fused-ring (bicyclic) bond motifs is 1. The Hall–Kier alpha value is -3.83. The van der Waals surface area contributed by atoms with Crippen LogP contribution < -0.4 is 10.6 Å². The van der Waals surface area contributed by atoms with Gasteiger partial charge < -0.3 is 25.2 Å². The molecule has 1 aliphatic rings. The molecule has 1 aromatic heterocycles. The molecule has 0 unspecified atom stereocenters. The Kier molecular flexibility index (Phi) is 8.01. The molecule has 0 saturated carbocycles. The van der Waals surface area contributed by atoms with Crippen LogP contribution in [-0.2, 0) is 13.0 Å². The van der Waals surface area contributed by atoms with Crippen molar-refractivity contribution in [2.45, 2.75) is 38.3 Å². The van der Waals surface area contributed by atoms with Crippen LogP contribution in [0.25, 0.3) is 10.9 Å². The minimum absolute atomic E-state index is 0.0862. The van der Waals surface area contributed by atoms with Gasteiger partial charge in [0.2, 0.25) is 0 Å². The molecule has 0 radical (unpaired) electrons. The number of carboxylic acid groups (broad SMARTS) is 1. The molecule has 0 aliphatic carbocycles. The maximum absolute atomic E-state index is 13.4. The molecule has 3 aromatic rings. The summed E-state index contributed by atoms with van der Waals surface area (Å²) in [4.78, 5) is 26.2. The third-order valence-corrected chi connectivity index (χ3v) is 6.58. The summed E-state index contributed by atoms with van der Waals surface area (Å²) in [5, 5.41) is 24.6. The highest BCUT2D eigenvalue weighted by molar-refractivity contribution is 5.99. The zero-order valence-electron chi connectivity index (χ0n) is 19.7. The maximum Gasteiger partial charge on any atom is 0.404 e. The van der Waals surface area contributed by atoms with Crippen LogP contribution in [-0.4, -0.2) is 58.8 Å². The summed E-state index contributed by atoms with van der Waals surface area (Å²) in [6.07, 6.45) is 2.30. The number of nitrogens with one attached hydrogen (secondary N) is 2. The van der Waals surface area contributed by atoms with Gasteiger partial charge in [-0.1, -0.05) is 36.4 Å². The monoisotopic (exact) mass is 473 g/mol. The predicted octanol–water partition coefficient (Wildman–Crippen LogP) is 3.61. The van der Waals surface area contributed by atoms with Gasteiger partial charge in [0, 0.05) is 43.1 Å². The Labute approximate surface area is 205 Å². The third kappa shape index (κ3) is 6.40. The first-order chi connectivity index (χ1) is 17.0. The molecule has 3 N–H and O–H groups in total. The summed E-state index contributed by atoms with van der Waals surface area (Å²) < 4.78 is 2.03. The zero-order valence-corrected chi connectivity index (χ0v) is 19.7. The minimum atomic E-state index is -0.989. The third-order valence-electron chi connectivity index (χ3n) is 6.58. The summed E-state index contributed by atoms with van der Waals surface area (Å²) in [5.74, 6) is -0.0862. The van der Waals surface area contributed by atoms with E-state index in [1.807, 2.05) is 41.0 Å². The quantitative estimate of drug-likeness (QED) is 0.411. The van der Waals surface area contributed by atoms with Gasteiger partial charge >= 0.3 is 6.09 Å². The average Bonchev–Trinajstić information content (AvgIpc) is 3.24. The number of carbonyl (C=O) groups is 2. The first-order valence-electron chi connectivity index (χ1n) is 12.1. The van der Waals surface area contributed by atoms with Crippen LogP contribution in [0.1, 0.15) is 40.9 Å². The normalized spacial score (nSPS) is 14.5. The van der Waals surface area contributed by atoms with Crippen LogP contribution in [0.4, 0.5) is 4.79 Å². The number of hydrogen-bond acceptors (Lipinski definition) is 4. The fraction of sp³-hybridized carbons (Fsp3) is 0.370. The van der Waals surface area contributed by atoms with Crippen molar-refractivity contribution in [3.63, 3.8) is 0 Å². The van der Waals surface area contributed by atoms with E-state index in [-0.39, 0.29) is 11.9 Å². The van der Waals surface area contributed by atoms with Crippen LogP contribution in [0.3, 0.4) is 0 Å². The van der Waals surface area contributed by atoms with Gasteiger partial charge in [-0.25, -0.2) is 4.79 Å². The van der Waals surface area contributed by atoms with E-state index >= 15 is 0 Å². The van der Waals surface area contributed by atoms with Gasteiger partial charge in [0.1, 0.15) is 5.69 Å². The number of carbonyl (C=O) groups excluding carboxylic acids is 1. The molecular weight excluding hydrogens is 442 g/mol. The number of aryl methyl sites for hydroxylation is 2. The second-order valence-corrected chi connectivity index (χ2v) is 8.98. The smallest absolute Gasteiger partial charge is 0.404 e. The van der Waals surface area contributed by atoms with Crippen LogP contribution in [0.15, 0.2) is 54.6 Å². The zero-order chi connectivity index (χ0) is 24.6. The number of likely N-dealkylation sites (tertiary alicyclic amines) is 1. The number of hydrogen-bond donors (Lipinski definition) is 3. The number of aromatic nitrogens is 1. The van der Waals surface area contributed by atoms with E-state index in [9.17, 15) is 14.9 Å². The number of amides is 2. The molecule has 0 atom stereocenters. The predicted molar refractivity (Wildman–Crippen MR) is 134 cm³/mol. The topological polar surface area (TPSA) is 110 Å². The van der Waals surface area contributed by atoms with Crippen molar-refractivity contribution in [2.75, 3.05) is 26.2 Å². The molecule has 0 spiro atoms. The Morgan fingerprint density at radius 1 is 1.06 bits per heavy atom. The lowest BCUT2D eigenvalue weighted by molar-refractivity contribution is 0.0902. The fourth-order valence-corrected chi connectivity index (χ4v) is 4.70. The molecule has 4 rings (SSSR count). The second kappa shape index (κ2) is 11.5. The van der Waals surface area contributed by atoms with Gasteiger partial charge in [0.15, 0.2) is 0 Å². The van der Waals surface area contributed by atoms with E-state index < -0.39 is 6.09 Å². The molecule has 8 nitrogen and oxygen atoms in total. The minimum Gasteiger partial charge on any atom is -0.465 e. The largest absolute Gasteiger partial charge is 0.465 e.